The lowest BCUT2D eigenvalue weighted by atomic mass is 9.85. The molecule has 0 spiro atoms. The third-order valence-corrected chi connectivity index (χ3v) is 3.57. The number of hydrogen-bond donors (Lipinski definition) is 6. The maximum atomic E-state index is 9.76. The zero-order valence-electron chi connectivity index (χ0n) is 12.5. The molecule has 128 valence electrons. The summed E-state index contributed by atoms with van der Waals surface area (Å²) in [6, 6.07) is -1.44. The van der Waals surface area contributed by atoms with Gasteiger partial charge in [-0.3, -0.25) is 0 Å². The summed E-state index contributed by atoms with van der Waals surface area (Å²) in [6.45, 7) is -1.95. The number of ether oxygens (including phenoxy) is 2. The summed E-state index contributed by atoms with van der Waals surface area (Å²) >= 11 is 0. The van der Waals surface area contributed by atoms with Crippen molar-refractivity contribution in [2.45, 2.75) is 35.9 Å². The highest BCUT2D eigenvalue weighted by molar-refractivity contribution is 6.29. The number of aliphatic hydroxyl groups is 6. The van der Waals surface area contributed by atoms with Gasteiger partial charge in [0.1, 0.15) is 31.8 Å². The predicted molar refractivity (Wildman–Crippen MR) is 78.3 cm³/mol. The molecular formula is C11H24B2O9. The molecular weight excluding hydrogens is 298 g/mol. The fraction of sp³-hybridized carbons (Fsp3) is 1.00. The van der Waals surface area contributed by atoms with Crippen molar-refractivity contribution in [2.75, 3.05) is 33.0 Å². The van der Waals surface area contributed by atoms with Crippen LogP contribution in [-0.2, 0) is 14.1 Å². The van der Waals surface area contributed by atoms with Gasteiger partial charge in [-0.25, -0.2) is 0 Å². The van der Waals surface area contributed by atoms with Crippen molar-refractivity contribution in [1.82, 2.24) is 0 Å². The third kappa shape index (κ3) is 4.88. The Balaban J connectivity index is 2.49. The van der Waals surface area contributed by atoms with Crippen molar-refractivity contribution >= 4 is 15.3 Å². The highest BCUT2D eigenvalue weighted by atomic mass is 16.6. The molecule has 0 amide bonds. The summed E-state index contributed by atoms with van der Waals surface area (Å²) < 4.78 is 15.9. The van der Waals surface area contributed by atoms with Crippen LogP contribution in [0.25, 0.3) is 0 Å². The van der Waals surface area contributed by atoms with Crippen LogP contribution in [0, 0.1) is 0 Å². The van der Waals surface area contributed by atoms with E-state index in [1.54, 1.807) is 7.85 Å². The first kappa shape index (κ1) is 19.8. The van der Waals surface area contributed by atoms with Crippen LogP contribution in [0.4, 0.5) is 0 Å². The highest BCUT2D eigenvalue weighted by Crippen LogP contribution is 2.21. The van der Waals surface area contributed by atoms with Crippen molar-refractivity contribution in [3.05, 3.63) is 0 Å². The fourth-order valence-corrected chi connectivity index (χ4v) is 2.19. The Morgan fingerprint density at radius 1 is 1.14 bits per heavy atom. The van der Waals surface area contributed by atoms with Crippen LogP contribution in [-0.4, -0.2) is 115 Å². The molecule has 1 saturated heterocycles. The van der Waals surface area contributed by atoms with Gasteiger partial charge >= 0.3 is 7.48 Å². The topological polar surface area (TPSA) is 149 Å². The molecule has 9 nitrogen and oxygen atoms in total. The minimum Gasteiger partial charge on any atom is -0.433 e. The molecule has 11 heteroatoms. The van der Waals surface area contributed by atoms with Crippen LogP contribution >= 0.6 is 0 Å². The number of rotatable bonds is 10. The van der Waals surface area contributed by atoms with Crippen molar-refractivity contribution in [2.24, 2.45) is 0 Å². The van der Waals surface area contributed by atoms with Crippen molar-refractivity contribution < 1.29 is 44.8 Å². The Hall–Kier alpha value is -0.230. The van der Waals surface area contributed by atoms with Crippen molar-refractivity contribution in [3.8, 4) is 0 Å². The molecule has 5 unspecified atom stereocenters. The van der Waals surface area contributed by atoms with E-state index in [1.165, 1.54) is 0 Å². The Labute approximate surface area is 130 Å². The summed E-state index contributed by atoms with van der Waals surface area (Å²) in [7, 11) is 1.46. The Morgan fingerprint density at radius 2 is 1.77 bits per heavy atom. The Kier molecular flexibility index (Phi) is 8.25. The maximum absolute atomic E-state index is 9.76. The highest BCUT2D eigenvalue weighted by Gasteiger charge is 2.43. The first-order chi connectivity index (χ1) is 10.4. The van der Waals surface area contributed by atoms with Crippen molar-refractivity contribution in [1.29, 1.82) is 0 Å². The van der Waals surface area contributed by atoms with Gasteiger partial charge in [0.15, 0.2) is 0 Å². The standard InChI is InChI=1S/C11H24B2O9/c12-7(2-15)22-11(3-16,4-17)5-20-13-10-9(19)8(18)6(1-14)21-10/h6-10,13-19H,1-5,12H2. The molecule has 0 saturated carbocycles. The second kappa shape index (κ2) is 9.16. The van der Waals surface area contributed by atoms with Gasteiger partial charge in [0.2, 0.25) is 0 Å². The minimum absolute atomic E-state index is 0.118. The van der Waals surface area contributed by atoms with Gasteiger partial charge in [-0.05, 0) is 0 Å². The van der Waals surface area contributed by atoms with Gasteiger partial charge in [0, 0.05) is 6.00 Å². The molecule has 1 rings (SSSR count). The van der Waals surface area contributed by atoms with E-state index in [1.807, 2.05) is 0 Å². The van der Waals surface area contributed by atoms with Gasteiger partial charge in [0.25, 0.3) is 0 Å². The van der Waals surface area contributed by atoms with E-state index in [4.69, 9.17) is 24.3 Å². The predicted octanol–water partition coefficient (Wildman–Crippen LogP) is -5.51. The zero-order chi connectivity index (χ0) is 16.8. The molecule has 0 aromatic heterocycles. The lowest BCUT2D eigenvalue weighted by molar-refractivity contribution is -0.147. The second-order valence-corrected chi connectivity index (χ2v) is 5.50. The quantitative estimate of drug-likeness (QED) is 0.217. The Bertz CT molecular complexity index is 318. The smallest absolute Gasteiger partial charge is 0.307 e. The van der Waals surface area contributed by atoms with Gasteiger partial charge in [0.05, 0.1) is 39.0 Å². The molecule has 22 heavy (non-hydrogen) atoms. The van der Waals surface area contributed by atoms with E-state index in [9.17, 15) is 20.4 Å². The van der Waals surface area contributed by atoms with Crippen molar-refractivity contribution in [3.63, 3.8) is 0 Å². The van der Waals surface area contributed by atoms with Gasteiger partial charge in [-0.15, -0.1) is 0 Å². The SMILES string of the molecule is BC(CO)OC(CO)(CO)COBC1OC(CO)C(O)C1O. The molecule has 0 aromatic carbocycles. The molecule has 1 aliphatic rings. The van der Waals surface area contributed by atoms with Gasteiger partial charge in [-0.2, -0.15) is 0 Å². The molecule has 1 aliphatic heterocycles. The average Bonchev–Trinajstić information content (AvgIpc) is 2.81. The second-order valence-electron chi connectivity index (χ2n) is 5.50. The average molecular weight is 322 g/mol. The summed E-state index contributed by atoms with van der Waals surface area (Å²) in [6.07, 6.45) is -3.29. The van der Waals surface area contributed by atoms with Crippen LogP contribution in [0.1, 0.15) is 0 Å². The van der Waals surface area contributed by atoms with E-state index in [2.05, 4.69) is 0 Å². The van der Waals surface area contributed by atoms with E-state index in [0.29, 0.717) is 0 Å². The zero-order valence-corrected chi connectivity index (χ0v) is 12.5. The lowest BCUT2D eigenvalue weighted by Crippen LogP contribution is -2.50. The number of aliphatic hydroxyl groups excluding tert-OH is 6. The van der Waals surface area contributed by atoms with Crippen LogP contribution < -0.4 is 0 Å². The van der Waals surface area contributed by atoms with E-state index in [-0.39, 0.29) is 20.7 Å². The summed E-state index contributed by atoms with van der Waals surface area (Å²) in [4.78, 5) is 0. The molecule has 1 heterocycles. The molecule has 0 radical (unpaired) electrons. The minimum atomic E-state index is -1.39. The van der Waals surface area contributed by atoms with Crippen LogP contribution in [0.15, 0.2) is 0 Å². The molecule has 0 bridgehead atoms. The van der Waals surface area contributed by atoms with Crippen LogP contribution in [0.5, 0.6) is 0 Å². The normalized spacial score (nSPS) is 30.5. The first-order valence-corrected chi connectivity index (χ1v) is 7.13. The largest absolute Gasteiger partial charge is 0.433 e. The van der Waals surface area contributed by atoms with E-state index >= 15 is 0 Å². The third-order valence-electron chi connectivity index (χ3n) is 3.57. The van der Waals surface area contributed by atoms with Crippen LogP contribution in [0.3, 0.4) is 0 Å². The van der Waals surface area contributed by atoms with Crippen LogP contribution in [0.2, 0.25) is 0 Å². The monoisotopic (exact) mass is 322 g/mol. The lowest BCUT2D eigenvalue weighted by Gasteiger charge is -2.33. The summed E-state index contributed by atoms with van der Waals surface area (Å²) in [5, 5.41) is 56.1. The summed E-state index contributed by atoms with van der Waals surface area (Å²) in [5.41, 5.74) is -1.39. The first-order valence-electron chi connectivity index (χ1n) is 7.13. The molecule has 0 aromatic rings. The molecule has 0 aliphatic carbocycles. The molecule has 6 N–H and O–H groups in total. The fourth-order valence-electron chi connectivity index (χ4n) is 2.19. The van der Waals surface area contributed by atoms with E-state index in [0.717, 1.165) is 0 Å². The van der Waals surface area contributed by atoms with E-state index < -0.39 is 55.7 Å². The van der Waals surface area contributed by atoms with Gasteiger partial charge in [-0.1, -0.05) is 0 Å². The van der Waals surface area contributed by atoms with Gasteiger partial charge < -0.3 is 44.8 Å². The summed E-state index contributed by atoms with van der Waals surface area (Å²) in [5.74, 6) is 0. The Morgan fingerprint density at radius 3 is 2.23 bits per heavy atom. The molecule has 1 fully saturated rings. The number of hydrogen-bond acceptors (Lipinski definition) is 9. The molecule has 5 atom stereocenters. The maximum Gasteiger partial charge on any atom is 0.307 e.